The number of Topliss-reactive ketones (excluding diaryl/α,β-unsaturated/α-hetero) is 1. The molecule has 0 aromatic heterocycles. The number of ether oxygens (including phenoxy) is 7. The van der Waals surface area contributed by atoms with Crippen molar-refractivity contribution in [3.63, 3.8) is 0 Å². The first-order valence-electron chi connectivity index (χ1n) is 36.8. The van der Waals surface area contributed by atoms with E-state index in [1.165, 1.54) is 13.8 Å². The Morgan fingerprint density at radius 2 is 0.689 bits per heavy atom. The minimum absolute atomic E-state index is 0.0296. The third kappa shape index (κ3) is 52.8. The van der Waals surface area contributed by atoms with Crippen LogP contribution in [0, 0.1) is 11.8 Å². The number of rotatable bonds is 71. The van der Waals surface area contributed by atoms with Gasteiger partial charge in [-0.1, -0.05) is 59.3 Å². The van der Waals surface area contributed by atoms with Crippen LogP contribution >= 0.6 is 0 Å². The molecule has 0 radical (unpaired) electrons. The Morgan fingerprint density at radius 1 is 0.340 bits per heavy atom. The quantitative estimate of drug-likeness (QED) is 0.0226. The van der Waals surface area contributed by atoms with E-state index in [-0.39, 0.29) is 197 Å². The summed E-state index contributed by atoms with van der Waals surface area (Å²) in [6.45, 7) is 4.90. The van der Waals surface area contributed by atoms with Gasteiger partial charge in [0.15, 0.2) is 18.9 Å². The molecule has 0 aromatic carbocycles. The molecule has 0 aromatic rings. The largest absolute Gasteiger partial charge is 0.396 e. The average Bonchev–Trinajstić information content (AvgIpc) is 0.863. The fourth-order valence-electron chi connectivity index (χ4n) is 9.68. The number of hydrogen-bond donors (Lipinski definition) is 19. The minimum Gasteiger partial charge on any atom is -0.396 e. The maximum absolute atomic E-state index is 13.8. The Labute approximate surface area is 607 Å². The molecular weight excluding hydrogens is 1360 g/mol. The van der Waals surface area contributed by atoms with E-state index >= 15 is 0 Å². The molecular formula is C69H131N7O27. The van der Waals surface area contributed by atoms with Crippen molar-refractivity contribution >= 4 is 47.1 Å². The lowest BCUT2D eigenvalue weighted by molar-refractivity contribution is -0.240. The molecule has 0 fully saturated rings. The fraction of sp³-hybridized carbons (Fsp3) is 0.884. The van der Waals surface area contributed by atoms with Gasteiger partial charge in [0, 0.05) is 129 Å². The van der Waals surface area contributed by atoms with Crippen LogP contribution in [0.1, 0.15) is 188 Å². The third-order valence-corrected chi connectivity index (χ3v) is 16.3. The first kappa shape index (κ1) is 98.2. The third-order valence-electron chi connectivity index (χ3n) is 16.3. The standard InChI is InChI=1S/C69H131N7O27/c1-49(2)52(82)22-11-9-7-5-6-8-10-12-26-62(91)76-69(46-97-39-27-59(88)73-33-19-30-70-56(85)23-13-16-36-100-66(95)53(83)43-78,47-98-40-28-60(89)74-34-20-31-71-57(86)24-14-17-37-101-67(96)65(94)64(93)63(92)50(3)42-77)48-99-41-29-61(90)75-35-21-32-72-58(87)25-15-18-38-102-68(54(84)44-79)103-55(45-80)51(4)81/h49-51,53-55,63-68,77-81,83-84,92-96H,5-48H2,1-4H3,(H,70,85)(H,71,86)(H,72,87)(H,73,88)(H,74,89)(H,75,90)(H,76,91)/t50?,51-,53+,54+,55?,63?,64?,65?,66?,67?,68?,69?/m0/s1. The molecule has 12 atom stereocenters. The Hall–Kier alpha value is -4.80. The zero-order valence-electron chi connectivity index (χ0n) is 61.5. The van der Waals surface area contributed by atoms with E-state index in [1.807, 2.05) is 13.8 Å². The Bertz CT molecular complexity index is 2220. The predicted molar refractivity (Wildman–Crippen MR) is 374 cm³/mol. The van der Waals surface area contributed by atoms with Crippen molar-refractivity contribution in [1.82, 2.24) is 37.2 Å². The Balaban J connectivity index is 5.74. The molecule has 0 spiro atoms. The molecule has 34 heteroatoms. The van der Waals surface area contributed by atoms with Gasteiger partial charge < -0.3 is 132 Å². The van der Waals surface area contributed by atoms with E-state index in [0.717, 1.165) is 44.9 Å². The monoisotopic (exact) mass is 1490 g/mol. The van der Waals surface area contributed by atoms with Crippen molar-refractivity contribution in [2.75, 3.05) is 125 Å². The highest BCUT2D eigenvalue weighted by Gasteiger charge is 2.36. The van der Waals surface area contributed by atoms with Gasteiger partial charge in [-0.2, -0.15) is 0 Å². The van der Waals surface area contributed by atoms with Crippen LogP contribution in [0.15, 0.2) is 0 Å². The van der Waals surface area contributed by atoms with Crippen molar-refractivity contribution in [2.45, 2.75) is 255 Å². The lowest BCUT2D eigenvalue weighted by Crippen LogP contribution is -2.58. The van der Waals surface area contributed by atoms with Gasteiger partial charge in [0.2, 0.25) is 41.4 Å². The molecule has 34 nitrogen and oxygen atoms in total. The average molecular weight is 1490 g/mol. The summed E-state index contributed by atoms with van der Waals surface area (Å²) in [5.74, 6) is -2.61. The van der Waals surface area contributed by atoms with Gasteiger partial charge in [0.25, 0.3) is 0 Å². The molecule has 604 valence electrons. The maximum Gasteiger partial charge on any atom is 0.222 e. The number of amides is 7. The van der Waals surface area contributed by atoms with Crippen molar-refractivity contribution in [2.24, 2.45) is 11.8 Å². The predicted octanol–water partition coefficient (Wildman–Crippen LogP) is -2.25. The number of hydrogen-bond acceptors (Lipinski definition) is 27. The summed E-state index contributed by atoms with van der Waals surface area (Å²) in [5.41, 5.74) is -1.39. The van der Waals surface area contributed by atoms with Gasteiger partial charge >= 0.3 is 0 Å². The first-order chi connectivity index (χ1) is 49.3. The number of carbonyl (C=O) groups is 8. The second kappa shape index (κ2) is 63.3. The molecule has 7 amide bonds. The van der Waals surface area contributed by atoms with Gasteiger partial charge in [0.05, 0.1) is 71.7 Å². The fourth-order valence-corrected chi connectivity index (χ4v) is 9.68. The summed E-state index contributed by atoms with van der Waals surface area (Å²) in [4.78, 5) is 102. The molecule has 0 aliphatic carbocycles. The zero-order valence-corrected chi connectivity index (χ0v) is 61.5. The highest BCUT2D eigenvalue weighted by Crippen LogP contribution is 2.17. The first-order valence-corrected chi connectivity index (χ1v) is 36.8. The Kier molecular flexibility index (Phi) is 60.4. The molecule has 0 rings (SSSR count). The maximum atomic E-state index is 13.8. The molecule has 0 bridgehead atoms. The normalized spacial score (nSPS) is 15.5. The lowest BCUT2D eigenvalue weighted by Gasteiger charge is -2.34. The summed E-state index contributed by atoms with van der Waals surface area (Å²) in [7, 11) is 0. The molecule has 0 saturated heterocycles. The summed E-state index contributed by atoms with van der Waals surface area (Å²) in [6.07, 6.45) is -3.16. The van der Waals surface area contributed by atoms with E-state index in [0.29, 0.717) is 70.6 Å². The number of unbranched alkanes of at least 4 members (excludes halogenated alkanes) is 10. The Morgan fingerprint density at radius 3 is 1.06 bits per heavy atom. The number of nitrogens with one attached hydrogen (secondary N) is 7. The second-order valence-corrected chi connectivity index (χ2v) is 26.2. The molecule has 103 heavy (non-hydrogen) atoms. The molecule has 0 aliphatic rings. The van der Waals surface area contributed by atoms with Gasteiger partial charge in [0.1, 0.15) is 41.8 Å². The van der Waals surface area contributed by atoms with Gasteiger partial charge in [-0.15, -0.1) is 0 Å². The van der Waals surface area contributed by atoms with E-state index in [1.54, 1.807) is 0 Å². The van der Waals surface area contributed by atoms with Gasteiger partial charge in [-0.25, -0.2) is 0 Å². The zero-order chi connectivity index (χ0) is 77.1. The van der Waals surface area contributed by atoms with Gasteiger partial charge in [-0.3, -0.25) is 38.4 Å². The van der Waals surface area contributed by atoms with E-state index in [9.17, 15) is 94.5 Å². The van der Waals surface area contributed by atoms with Crippen LogP contribution in [0.4, 0.5) is 0 Å². The summed E-state index contributed by atoms with van der Waals surface area (Å²) >= 11 is 0. The number of aliphatic hydroxyl groups excluding tert-OH is 12. The van der Waals surface area contributed by atoms with Crippen LogP contribution in [-0.2, 0) is 71.5 Å². The van der Waals surface area contributed by atoms with Crippen molar-refractivity contribution in [1.29, 1.82) is 0 Å². The molecule has 9 unspecified atom stereocenters. The van der Waals surface area contributed by atoms with Crippen LogP contribution in [0.2, 0.25) is 0 Å². The van der Waals surface area contributed by atoms with Crippen LogP contribution < -0.4 is 37.2 Å². The van der Waals surface area contributed by atoms with Crippen molar-refractivity contribution in [3.05, 3.63) is 0 Å². The van der Waals surface area contributed by atoms with Crippen molar-refractivity contribution < 1.29 is 133 Å². The van der Waals surface area contributed by atoms with Crippen molar-refractivity contribution in [3.8, 4) is 0 Å². The molecule has 0 heterocycles. The van der Waals surface area contributed by atoms with Crippen LogP contribution in [0.25, 0.3) is 0 Å². The minimum atomic E-state index is -1.83. The number of carbonyl (C=O) groups excluding carboxylic acids is 8. The molecule has 19 N–H and O–H groups in total. The molecule has 0 aliphatic heterocycles. The highest BCUT2D eigenvalue weighted by atomic mass is 16.7. The summed E-state index contributed by atoms with van der Waals surface area (Å²) in [6, 6.07) is 0. The van der Waals surface area contributed by atoms with Crippen LogP contribution in [0.3, 0.4) is 0 Å². The second-order valence-electron chi connectivity index (χ2n) is 26.2. The smallest absolute Gasteiger partial charge is 0.222 e. The summed E-state index contributed by atoms with van der Waals surface area (Å²) in [5, 5.41) is 136. The lowest BCUT2D eigenvalue weighted by atomic mass is 9.97. The van der Waals surface area contributed by atoms with E-state index in [4.69, 9.17) is 38.3 Å². The van der Waals surface area contributed by atoms with E-state index in [2.05, 4.69) is 37.2 Å². The highest BCUT2D eigenvalue weighted by molar-refractivity contribution is 5.80. The van der Waals surface area contributed by atoms with Crippen LogP contribution in [-0.4, -0.2) is 301 Å². The topological polar surface area (TPSA) is 528 Å². The van der Waals surface area contributed by atoms with E-state index < -0.39 is 99.5 Å². The molecule has 0 saturated carbocycles. The van der Waals surface area contributed by atoms with Crippen LogP contribution in [0.5, 0.6) is 0 Å². The summed E-state index contributed by atoms with van der Waals surface area (Å²) < 4.78 is 39.3. The number of aliphatic hydroxyl groups is 12. The SMILES string of the molecule is CC(C)C(=O)CCCCCCCCCCC(=O)NC(COCCC(=O)NCCCNC(=O)CCCCOC(O)C(O)C(O)C(O)C(C)CO)(COCCC(=O)NCCCNC(=O)CCCCOC(O)[C@H](O)CO)COCCC(=O)NCCCNC(=O)CCCCOC(OC(CO)[C@H](C)O)[C@H](O)CO. The van der Waals surface area contributed by atoms with Gasteiger partial charge in [-0.05, 0) is 77.6 Å². The number of ketones is 1.